The van der Waals surface area contributed by atoms with Crippen molar-refractivity contribution in [3.8, 4) is 0 Å². The molecule has 0 aliphatic carbocycles. The van der Waals surface area contributed by atoms with Crippen molar-refractivity contribution in [3.63, 3.8) is 0 Å². The fourth-order valence-electron chi connectivity index (χ4n) is 2.45. The third-order valence-electron chi connectivity index (χ3n) is 3.81. The Morgan fingerprint density at radius 2 is 1.86 bits per heavy atom. The second-order valence-corrected chi connectivity index (χ2v) is 5.71. The molecule has 3 amide bonds. The van der Waals surface area contributed by atoms with E-state index in [0.717, 1.165) is 5.56 Å². The molecule has 1 aromatic carbocycles. The maximum atomic E-state index is 12.4. The largest absolute Gasteiger partial charge is 0.347 e. The number of carbonyl (C=O) groups excluding carboxylic acids is 3. The lowest BCUT2D eigenvalue weighted by Crippen LogP contribution is -2.61. The van der Waals surface area contributed by atoms with E-state index in [1.54, 1.807) is 21.1 Å². The SMILES string of the molecule is CN(C)C(=O)CN1C(=O)CN(C)C(=O)[C@@H]1Cc1ccccc1. The quantitative estimate of drug-likeness (QED) is 0.786. The van der Waals surface area contributed by atoms with E-state index in [0.29, 0.717) is 6.42 Å². The van der Waals surface area contributed by atoms with Crippen LogP contribution in [0.15, 0.2) is 30.3 Å². The van der Waals surface area contributed by atoms with Crippen LogP contribution in [-0.4, -0.2) is 72.7 Å². The standard InChI is InChI=1S/C16H21N3O3/c1-17(2)14(20)11-19-13(9-12-7-5-4-6-8-12)16(22)18(3)10-15(19)21/h4-8,13H,9-11H2,1-3H3/t13-/m0/s1. The Hall–Kier alpha value is -2.37. The first-order valence-electron chi connectivity index (χ1n) is 7.18. The van der Waals surface area contributed by atoms with Gasteiger partial charge in [0, 0.05) is 27.6 Å². The minimum atomic E-state index is -0.627. The van der Waals surface area contributed by atoms with E-state index in [2.05, 4.69) is 0 Å². The number of nitrogens with zero attached hydrogens (tertiary/aromatic N) is 3. The highest BCUT2D eigenvalue weighted by atomic mass is 16.2. The Labute approximate surface area is 130 Å². The number of rotatable bonds is 4. The summed E-state index contributed by atoms with van der Waals surface area (Å²) in [6, 6.07) is 8.89. The number of carbonyl (C=O) groups is 3. The lowest BCUT2D eigenvalue weighted by atomic mass is 10.0. The fourth-order valence-corrected chi connectivity index (χ4v) is 2.45. The summed E-state index contributed by atoms with van der Waals surface area (Å²) in [6.45, 7) is -0.0479. The van der Waals surface area contributed by atoms with Gasteiger partial charge in [0.25, 0.3) is 0 Å². The van der Waals surface area contributed by atoms with Crippen molar-refractivity contribution in [1.29, 1.82) is 0 Å². The van der Waals surface area contributed by atoms with Gasteiger partial charge in [-0.1, -0.05) is 30.3 Å². The molecule has 0 aromatic heterocycles. The van der Waals surface area contributed by atoms with Gasteiger partial charge in [0.1, 0.15) is 12.6 Å². The summed E-state index contributed by atoms with van der Waals surface area (Å²) in [5.74, 6) is -0.517. The van der Waals surface area contributed by atoms with E-state index in [1.807, 2.05) is 30.3 Å². The summed E-state index contributed by atoms with van der Waals surface area (Å²) in [4.78, 5) is 40.9. The highest BCUT2D eigenvalue weighted by molar-refractivity contribution is 5.97. The number of likely N-dealkylation sites (N-methyl/N-ethyl adjacent to an activating group) is 2. The minimum absolute atomic E-state index is 0.0187. The molecule has 6 heteroatoms. The number of hydrogen-bond acceptors (Lipinski definition) is 3. The van der Waals surface area contributed by atoms with E-state index in [1.165, 1.54) is 14.7 Å². The number of hydrogen-bond donors (Lipinski definition) is 0. The van der Waals surface area contributed by atoms with Crippen LogP contribution < -0.4 is 0 Å². The average molecular weight is 303 g/mol. The third kappa shape index (κ3) is 3.44. The molecular weight excluding hydrogens is 282 g/mol. The first-order valence-corrected chi connectivity index (χ1v) is 7.18. The molecule has 1 atom stereocenters. The first-order chi connectivity index (χ1) is 10.4. The van der Waals surface area contributed by atoms with Crippen molar-refractivity contribution in [1.82, 2.24) is 14.7 Å². The summed E-state index contributed by atoms with van der Waals surface area (Å²) in [6.07, 6.45) is 0.413. The molecule has 6 nitrogen and oxygen atoms in total. The minimum Gasteiger partial charge on any atom is -0.347 e. The van der Waals surface area contributed by atoms with Gasteiger partial charge in [0.05, 0.1) is 6.54 Å². The first kappa shape index (κ1) is 16.0. The number of amides is 3. The zero-order valence-electron chi connectivity index (χ0n) is 13.2. The molecule has 1 saturated heterocycles. The molecule has 0 radical (unpaired) electrons. The zero-order chi connectivity index (χ0) is 16.3. The summed E-state index contributed by atoms with van der Waals surface area (Å²) in [5, 5.41) is 0. The molecule has 0 saturated carbocycles. The molecule has 0 N–H and O–H groups in total. The van der Waals surface area contributed by atoms with Gasteiger partial charge in [-0.2, -0.15) is 0 Å². The van der Waals surface area contributed by atoms with Gasteiger partial charge in [0.2, 0.25) is 17.7 Å². The molecule has 1 aliphatic heterocycles. The Kier molecular flexibility index (Phi) is 4.80. The van der Waals surface area contributed by atoms with Crippen molar-refractivity contribution < 1.29 is 14.4 Å². The van der Waals surface area contributed by atoms with E-state index in [9.17, 15) is 14.4 Å². The molecule has 1 fully saturated rings. The zero-order valence-corrected chi connectivity index (χ0v) is 13.2. The van der Waals surface area contributed by atoms with E-state index in [4.69, 9.17) is 0 Å². The van der Waals surface area contributed by atoms with Crippen molar-refractivity contribution in [2.75, 3.05) is 34.2 Å². The molecule has 0 unspecified atom stereocenters. The molecule has 1 heterocycles. The molecule has 1 aliphatic rings. The summed E-state index contributed by atoms with van der Waals surface area (Å²) >= 11 is 0. The Balaban J connectivity index is 2.23. The number of benzene rings is 1. The van der Waals surface area contributed by atoms with Crippen LogP contribution in [-0.2, 0) is 20.8 Å². The van der Waals surface area contributed by atoms with Crippen LogP contribution >= 0.6 is 0 Å². The van der Waals surface area contributed by atoms with Crippen LogP contribution in [0.3, 0.4) is 0 Å². The normalized spacial score (nSPS) is 18.6. The van der Waals surface area contributed by atoms with Gasteiger partial charge in [-0.25, -0.2) is 0 Å². The van der Waals surface area contributed by atoms with Crippen molar-refractivity contribution >= 4 is 17.7 Å². The monoisotopic (exact) mass is 303 g/mol. The highest BCUT2D eigenvalue weighted by Gasteiger charge is 2.38. The molecule has 0 bridgehead atoms. The maximum Gasteiger partial charge on any atom is 0.245 e. The summed E-state index contributed by atoms with van der Waals surface area (Å²) < 4.78 is 0. The average Bonchev–Trinajstić information content (AvgIpc) is 2.49. The van der Waals surface area contributed by atoms with E-state index >= 15 is 0 Å². The van der Waals surface area contributed by atoms with Crippen LogP contribution in [0.2, 0.25) is 0 Å². The second kappa shape index (κ2) is 6.60. The van der Waals surface area contributed by atoms with Gasteiger partial charge in [-0.15, -0.1) is 0 Å². The molecule has 0 spiro atoms. The fraction of sp³-hybridized carbons (Fsp3) is 0.438. The predicted molar refractivity (Wildman–Crippen MR) is 82.0 cm³/mol. The van der Waals surface area contributed by atoms with Crippen molar-refractivity contribution in [2.24, 2.45) is 0 Å². The van der Waals surface area contributed by atoms with Crippen LogP contribution in [0.25, 0.3) is 0 Å². The van der Waals surface area contributed by atoms with Gasteiger partial charge < -0.3 is 14.7 Å². The van der Waals surface area contributed by atoms with Crippen LogP contribution in [0.4, 0.5) is 0 Å². The predicted octanol–water partition coefficient (Wildman–Crippen LogP) is -0.0135. The van der Waals surface area contributed by atoms with Crippen molar-refractivity contribution in [2.45, 2.75) is 12.5 Å². The molecule has 2 rings (SSSR count). The third-order valence-corrected chi connectivity index (χ3v) is 3.81. The molecular formula is C16H21N3O3. The number of piperazine rings is 1. The van der Waals surface area contributed by atoms with Gasteiger partial charge >= 0.3 is 0 Å². The van der Waals surface area contributed by atoms with E-state index < -0.39 is 6.04 Å². The summed E-state index contributed by atoms with van der Waals surface area (Å²) in [5.41, 5.74) is 0.964. The lowest BCUT2D eigenvalue weighted by Gasteiger charge is -2.38. The highest BCUT2D eigenvalue weighted by Crippen LogP contribution is 2.16. The molecule has 1 aromatic rings. The van der Waals surface area contributed by atoms with Crippen molar-refractivity contribution in [3.05, 3.63) is 35.9 Å². The van der Waals surface area contributed by atoms with Crippen LogP contribution in [0.1, 0.15) is 5.56 Å². The smallest absolute Gasteiger partial charge is 0.245 e. The Morgan fingerprint density at radius 3 is 2.45 bits per heavy atom. The molecule has 118 valence electrons. The topological polar surface area (TPSA) is 60.9 Å². The van der Waals surface area contributed by atoms with E-state index in [-0.39, 0.29) is 30.8 Å². The summed E-state index contributed by atoms with van der Waals surface area (Å²) in [7, 11) is 4.89. The Morgan fingerprint density at radius 1 is 1.23 bits per heavy atom. The molecule has 22 heavy (non-hydrogen) atoms. The van der Waals surface area contributed by atoms with Crippen LogP contribution in [0.5, 0.6) is 0 Å². The van der Waals surface area contributed by atoms with Crippen LogP contribution in [0, 0.1) is 0 Å². The Bertz CT molecular complexity index is 571. The second-order valence-electron chi connectivity index (χ2n) is 5.71. The van der Waals surface area contributed by atoms with Gasteiger partial charge in [0.15, 0.2) is 0 Å². The maximum absolute atomic E-state index is 12.4. The van der Waals surface area contributed by atoms with Gasteiger partial charge in [-0.05, 0) is 5.56 Å². The van der Waals surface area contributed by atoms with Gasteiger partial charge in [-0.3, -0.25) is 14.4 Å². The lowest BCUT2D eigenvalue weighted by molar-refractivity contribution is -0.156.